The number of carbonyl (C=O) groups is 2. The summed E-state index contributed by atoms with van der Waals surface area (Å²) < 4.78 is 0. The van der Waals surface area contributed by atoms with Crippen molar-refractivity contribution in [3.8, 4) is 0 Å². The van der Waals surface area contributed by atoms with Gasteiger partial charge in [0.25, 0.3) is 5.91 Å². The van der Waals surface area contributed by atoms with E-state index in [0.29, 0.717) is 17.7 Å². The summed E-state index contributed by atoms with van der Waals surface area (Å²) in [5.74, 6) is -0.327. The molecule has 0 spiro atoms. The van der Waals surface area contributed by atoms with Crippen molar-refractivity contribution in [3.63, 3.8) is 0 Å². The average Bonchev–Trinajstić information content (AvgIpc) is 2.38. The summed E-state index contributed by atoms with van der Waals surface area (Å²) in [6.07, 6.45) is 0. The minimum Gasteiger partial charge on any atom is -0.364 e. The van der Waals surface area contributed by atoms with Gasteiger partial charge in [0.1, 0.15) is 11.5 Å². The second-order valence-corrected chi connectivity index (χ2v) is 4.38. The van der Waals surface area contributed by atoms with Crippen molar-refractivity contribution < 1.29 is 9.59 Å². The molecule has 0 radical (unpaired) electrons. The van der Waals surface area contributed by atoms with Crippen LogP contribution in [0.5, 0.6) is 0 Å². The molecule has 6 heteroatoms. The van der Waals surface area contributed by atoms with Gasteiger partial charge < -0.3 is 11.1 Å². The molecule has 0 aliphatic rings. The topological polar surface area (TPSA) is 97.1 Å². The Kier molecular flexibility index (Phi) is 3.84. The Morgan fingerprint density at radius 2 is 2.10 bits per heavy atom. The number of hydrogen-bond acceptors (Lipinski definition) is 3. The maximum atomic E-state index is 11.6. The molecule has 4 N–H and O–H groups in total. The van der Waals surface area contributed by atoms with Crippen molar-refractivity contribution >= 4 is 28.5 Å². The van der Waals surface area contributed by atoms with E-state index < -0.39 is 5.91 Å². The first-order chi connectivity index (χ1) is 9.52. The lowest BCUT2D eigenvalue weighted by molar-refractivity contribution is 0.0997. The van der Waals surface area contributed by atoms with E-state index in [-0.39, 0.29) is 11.7 Å². The van der Waals surface area contributed by atoms with E-state index in [4.69, 9.17) is 5.73 Å². The van der Waals surface area contributed by atoms with Gasteiger partial charge in [-0.3, -0.25) is 10.1 Å². The van der Waals surface area contributed by atoms with E-state index in [9.17, 15) is 9.59 Å². The molecule has 0 bridgehead atoms. The highest BCUT2D eigenvalue weighted by molar-refractivity contribution is 6.07. The van der Waals surface area contributed by atoms with Gasteiger partial charge in [-0.05, 0) is 30.9 Å². The summed E-state index contributed by atoms with van der Waals surface area (Å²) in [4.78, 5) is 27.2. The van der Waals surface area contributed by atoms with Crippen molar-refractivity contribution in [2.24, 2.45) is 5.73 Å². The van der Waals surface area contributed by atoms with Crippen LogP contribution in [0.1, 0.15) is 23.0 Å². The number of carbonyl (C=O) groups excluding carboxylic acids is 2. The quantitative estimate of drug-likeness (QED) is 0.794. The van der Waals surface area contributed by atoms with Gasteiger partial charge in [0, 0.05) is 11.9 Å². The van der Waals surface area contributed by atoms with Crippen molar-refractivity contribution in [1.82, 2.24) is 10.3 Å². The third kappa shape index (κ3) is 2.69. The maximum Gasteiger partial charge on any atom is 0.320 e. The van der Waals surface area contributed by atoms with Crippen molar-refractivity contribution in [3.05, 3.63) is 35.5 Å². The number of primary amides is 1. The minimum absolute atomic E-state index is 0.160. The predicted octanol–water partition coefficient (Wildman–Crippen LogP) is 1.78. The van der Waals surface area contributed by atoms with Crippen LogP contribution in [0.25, 0.3) is 10.8 Å². The van der Waals surface area contributed by atoms with Gasteiger partial charge in [-0.1, -0.05) is 18.2 Å². The molecule has 0 aliphatic carbocycles. The molecule has 2 aromatic rings. The number of nitrogens with two attached hydrogens (primary N) is 1. The van der Waals surface area contributed by atoms with Crippen LogP contribution >= 0.6 is 0 Å². The smallest absolute Gasteiger partial charge is 0.320 e. The number of hydrogen-bond donors (Lipinski definition) is 3. The number of pyridine rings is 1. The summed E-state index contributed by atoms with van der Waals surface area (Å²) in [6, 6.07) is 6.94. The number of amides is 3. The van der Waals surface area contributed by atoms with Crippen LogP contribution < -0.4 is 16.4 Å². The predicted molar refractivity (Wildman–Crippen MR) is 77.7 cm³/mol. The zero-order chi connectivity index (χ0) is 14.7. The first-order valence-electron chi connectivity index (χ1n) is 6.28. The Labute approximate surface area is 116 Å². The maximum absolute atomic E-state index is 11.6. The Bertz CT molecular complexity index is 682. The fraction of sp³-hybridized carbons (Fsp3) is 0.214. The van der Waals surface area contributed by atoms with E-state index in [1.807, 2.05) is 32.0 Å². The lowest BCUT2D eigenvalue weighted by Gasteiger charge is -2.10. The number of benzene rings is 1. The Morgan fingerprint density at radius 3 is 2.75 bits per heavy atom. The summed E-state index contributed by atoms with van der Waals surface area (Å²) in [7, 11) is 0. The SMILES string of the molecule is CCNC(=O)Nc1cc2cccc(C)c2c(C(N)=O)n1. The number of anilines is 1. The van der Waals surface area contributed by atoms with Gasteiger partial charge in [0.05, 0.1) is 0 Å². The number of aromatic nitrogens is 1. The standard InChI is InChI=1S/C14H16N4O2/c1-3-16-14(20)18-10-7-9-6-4-5-8(2)11(9)12(17-10)13(15)19/h4-7H,3H2,1-2H3,(H2,15,19)(H2,16,17,18,20). The molecule has 104 valence electrons. The van der Waals surface area contributed by atoms with Gasteiger partial charge in [-0.25, -0.2) is 9.78 Å². The number of rotatable bonds is 3. The molecule has 20 heavy (non-hydrogen) atoms. The molecule has 0 atom stereocenters. The second kappa shape index (κ2) is 5.56. The van der Waals surface area contributed by atoms with Crippen molar-refractivity contribution in [2.45, 2.75) is 13.8 Å². The summed E-state index contributed by atoms with van der Waals surface area (Å²) in [5.41, 5.74) is 6.45. The number of nitrogens with zero attached hydrogens (tertiary/aromatic N) is 1. The second-order valence-electron chi connectivity index (χ2n) is 4.38. The van der Waals surface area contributed by atoms with Crippen LogP contribution in [-0.2, 0) is 0 Å². The van der Waals surface area contributed by atoms with Gasteiger partial charge in [0.15, 0.2) is 0 Å². The molecule has 0 aliphatic heterocycles. The lowest BCUT2D eigenvalue weighted by atomic mass is 10.0. The molecule has 3 amide bonds. The monoisotopic (exact) mass is 272 g/mol. The third-order valence-electron chi connectivity index (χ3n) is 2.88. The first-order valence-corrected chi connectivity index (χ1v) is 6.28. The van der Waals surface area contributed by atoms with Gasteiger partial charge >= 0.3 is 6.03 Å². The Balaban J connectivity index is 2.54. The van der Waals surface area contributed by atoms with Crippen LogP contribution in [0.4, 0.5) is 10.6 Å². The van der Waals surface area contributed by atoms with E-state index in [0.717, 1.165) is 10.9 Å². The first kappa shape index (κ1) is 13.8. The van der Waals surface area contributed by atoms with E-state index in [2.05, 4.69) is 15.6 Å². The van der Waals surface area contributed by atoms with Gasteiger partial charge in [-0.2, -0.15) is 0 Å². The number of aryl methyl sites for hydroxylation is 1. The van der Waals surface area contributed by atoms with Crippen molar-refractivity contribution in [1.29, 1.82) is 0 Å². The molecule has 1 aromatic carbocycles. The summed E-state index contributed by atoms with van der Waals surface area (Å²) in [5, 5.41) is 6.69. The molecular weight excluding hydrogens is 256 g/mol. The molecule has 0 fully saturated rings. The lowest BCUT2D eigenvalue weighted by Crippen LogP contribution is -2.29. The minimum atomic E-state index is -0.621. The molecule has 1 heterocycles. The molecule has 0 unspecified atom stereocenters. The molecule has 0 saturated carbocycles. The molecule has 1 aromatic heterocycles. The van der Waals surface area contributed by atoms with Crippen LogP contribution in [0.3, 0.4) is 0 Å². The number of fused-ring (bicyclic) bond motifs is 1. The largest absolute Gasteiger partial charge is 0.364 e. The van der Waals surface area contributed by atoms with E-state index in [1.54, 1.807) is 6.07 Å². The molecule has 0 saturated heterocycles. The zero-order valence-electron chi connectivity index (χ0n) is 11.4. The van der Waals surface area contributed by atoms with E-state index >= 15 is 0 Å². The number of urea groups is 1. The highest BCUT2D eigenvalue weighted by atomic mass is 16.2. The average molecular weight is 272 g/mol. The molecule has 6 nitrogen and oxygen atoms in total. The Morgan fingerprint density at radius 1 is 1.35 bits per heavy atom. The normalized spacial score (nSPS) is 10.3. The fourth-order valence-corrected chi connectivity index (χ4v) is 2.05. The van der Waals surface area contributed by atoms with Crippen molar-refractivity contribution in [2.75, 3.05) is 11.9 Å². The zero-order valence-corrected chi connectivity index (χ0v) is 11.4. The molecular formula is C14H16N4O2. The highest BCUT2D eigenvalue weighted by Crippen LogP contribution is 2.24. The third-order valence-corrected chi connectivity index (χ3v) is 2.88. The van der Waals surface area contributed by atoms with Crippen LogP contribution in [0, 0.1) is 6.92 Å². The number of nitrogens with one attached hydrogen (secondary N) is 2. The Hall–Kier alpha value is -2.63. The van der Waals surface area contributed by atoms with Crippen LogP contribution in [0.2, 0.25) is 0 Å². The van der Waals surface area contributed by atoms with Crippen LogP contribution in [-0.4, -0.2) is 23.5 Å². The van der Waals surface area contributed by atoms with Gasteiger partial charge in [0.2, 0.25) is 0 Å². The summed E-state index contributed by atoms with van der Waals surface area (Å²) in [6.45, 7) is 4.19. The summed E-state index contributed by atoms with van der Waals surface area (Å²) >= 11 is 0. The van der Waals surface area contributed by atoms with Crippen LogP contribution in [0.15, 0.2) is 24.3 Å². The van der Waals surface area contributed by atoms with Gasteiger partial charge in [-0.15, -0.1) is 0 Å². The highest BCUT2D eigenvalue weighted by Gasteiger charge is 2.13. The van der Waals surface area contributed by atoms with E-state index in [1.165, 1.54) is 0 Å². The fourth-order valence-electron chi connectivity index (χ4n) is 2.05. The molecule has 2 rings (SSSR count).